The summed E-state index contributed by atoms with van der Waals surface area (Å²) in [5.41, 5.74) is 0.547. The van der Waals surface area contributed by atoms with Crippen molar-refractivity contribution in [2.75, 3.05) is 32.7 Å². The highest BCUT2D eigenvalue weighted by Crippen LogP contribution is 2.27. The van der Waals surface area contributed by atoms with Gasteiger partial charge in [0.05, 0.1) is 6.54 Å². The second-order valence-electron chi connectivity index (χ2n) is 8.21. The summed E-state index contributed by atoms with van der Waals surface area (Å²) in [6, 6.07) is 8.89. The number of rotatable bonds is 6. The minimum atomic E-state index is -0.242. The Hall–Kier alpha value is -2.37. The van der Waals surface area contributed by atoms with Crippen molar-refractivity contribution < 1.29 is 14.4 Å². The zero-order valence-corrected chi connectivity index (χ0v) is 17.3. The van der Waals surface area contributed by atoms with Crippen molar-refractivity contribution in [2.45, 2.75) is 51.4 Å². The number of nitrogens with one attached hydrogen (secondary N) is 1. The molecule has 1 saturated carbocycles. The lowest BCUT2D eigenvalue weighted by atomic mass is 9.86. The average Bonchev–Trinajstić information content (AvgIpc) is 3.03. The molecule has 0 radical (unpaired) electrons. The van der Waals surface area contributed by atoms with Gasteiger partial charge in [-0.15, -0.1) is 0 Å². The van der Waals surface area contributed by atoms with E-state index in [4.69, 9.17) is 0 Å². The summed E-state index contributed by atoms with van der Waals surface area (Å²) in [7, 11) is 0. The van der Waals surface area contributed by atoms with Crippen LogP contribution in [0.1, 0.15) is 61.7 Å². The number of hydrogen-bond donors (Lipinski definition) is 1. The molecule has 29 heavy (non-hydrogen) atoms. The van der Waals surface area contributed by atoms with Crippen LogP contribution in [0, 0.1) is 5.92 Å². The van der Waals surface area contributed by atoms with Gasteiger partial charge >= 0.3 is 0 Å². The van der Waals surface area contributed by atoms with Crippen LogP contribution in [0.3, 0.4) is 0 Å². The molecular weight excluding hydrogens is 366 g/mol. The first-order valence-electron chi connectivity index (χ1n) is 11.0. The van der Waals surface area contributed by atoms with Gasteiger partial charge in [0.25, 0.3) is 5.91 Å². The van der Waals surface area contributed by atoms with Gasteiger partial charge in [0.1, 0.15) is 0 Å². The van der Waals surface area contributed by atoms with Gasteiger partial charge in [-0.25, -0.2) is 0 Å². The van der Waals surface area contributed by atoms with Gasteiger partial charge in [-0.1, -0.05) is 50.3 Å². The molecule has 0 unspecified atom stereocenters. The zero-order chi connectivity index (χ0) is 20.5. The SMILES string of the molecule is O=C(NCC(=O)N1CCCN(C(=O)CCC2CCCCC2)CC1)c1ccccc1. The first-order valence-corrected chi connectivity index (χ1v) is 11.0. The van der Waals surface area contributed by atoms with Crippen LogP contribution in [0.5, 0.6) is 0 Å². The summed E-state index contributed by atoms with van der Waals surface area (Å²) in [5, 5.41) is 2.70. The second-order valence-corrected chi connectivity index (χ2v) is 8.21. The van der Waals surface area contributed by atoms with Gasteiger partial charge in [0.2, 0.25) is 11.8 Å². The molecule has 3 rings (SSSR count). The highest BCUT2D eigenvalue weighted by Gasteiger charge is 2.23. The molecule has 0 spiro atoms. The molecule has 1 aliphatic carbocycles. The predicted octanol–water partition coefficient (Wildman–Crippen LogP) is 2.84. The quantitative estimate of drug-likeness (QED) is 0.800. The van der Waals surface area contributed by atoms with Crippen molar-refractivity contribution in [2.24, 2.45) is 5.92 Å². The molecule has 6 nitrogen and oxygen atoms in total. The average molecular weight is 400 g/mol. The third-order valence-corrected chi connectivity index (χ3v) is 6.13. The van der Waals surface area contributed by atoms with E-state index in [2.05, 4.69) is 5.32 Å². The van der Waals surface area contributed by atoms with Gasteiger partial charge in [-0.3, -0.25) is 14.4 Å². The van der Waals surface area contributed by atoms with Crippen LogP contribution in [0.25, 0.3) is 0 Å². The number of amides is 3. The summed E-state index contributed by atoms with van der Waals surface area (Å²) in [5.74, 6) is 0.604. The van der Waals surface area contributed by atoms with Crippen LogP contribution in [0.2, 0.25) is 0 Å². The fraction of sp³-hybridized carbons (Fsp3) is 0.609. The molecule has 1 aromatic rings. The molecule has 6 heteroatoms. The summed E-state index contributed by atoms with van der Waals surface area (Å²) in [6.07, 6.45) is 8.91. The lowest BCUT2D eigenvalue weighted by molar-refractivity contribution is -0.133. The Balaban J connectivity index is 1.39. The predicted molar refractivity (Wildman–Crippen MR) is 112 cm³/mol. The number of carbonyl (C=O) groups is 3. The Kier molecular flexibility index (Phi) is 8.08. The van der Waals surface area contributed by atoms with E-state index < -0.39 is 0 Å². The molecule has 1 heterocycles. The van der Waals surface area contributed by atoms with Crippen molar-refractivity contribution in [3.63, 3.8) is 0 Å². The van der Waals surface area contributed by atoms with Crippen molar-refractivity contribution in [1.29, 1.82) is 0 Å². The van der Waals surface area contributed by atoms with Gasteiger partial charge in [-0.2, -0.15) is 0 Å². The van der Waals surface area contributed by atoms with E-state index in [1.54, 1.807) is 29.2 Å². The van der Waals surface area contributed by atoms with Crippen LogP contribution < -0.4 is 5.32 Å². The first kappa shape index (κ1) is 21.3. The molecule has 1 N–H and O–H groups in total. The molecule has 1 aliphatic heterocycles. The van der Waals surface area contributed by atoms with E-state index in [0.29, 0.717) is 44.1 Å². The van der Waals surface area contributed by atoms with Crippen molar-refractivity contribution in [3.05, 3.63) is 35.9 Å². The van der Waals surface area contributed by atoms with Crippen molar-refractivity contribution in [1.82, 2.24) is 15.1 Å². The number of hydrogen-bond acceptors (Lipinski definition) is 3. The minimum absolute atomic E-state index is 0.0106. The second kappa shape index (κ2) is 11.0. The fourth-order valence-corrected chi connectivity index (χ4v) is 4.34. The lowest BCUT2D eigenvalue weighted by Crippen LogP contribution is -2.42. The maximum absolute atomic E-state index is 12.6. The Labute approximate surface area is 173 Å². The van der Waals surface area contributed by atoms with Gasteiger partial charge < -0.3 is 15.1 Å². The third kappa shape index (κ3) is 6.58. The molecule has 0 aromatic heterocycles. The van der Waals surface area contributed by atoms with E-state index in [1.807, 2.05) is 11.0 Å². The molecule has 1 aromatic carbocycles. The van der Waals surface area contributed by atoms with Crippen molar-refractivity contribution in [3.8, 4) is 0 Å². The largest absolute Gasteiger partial charge is 0.343 e. The smallest absolute Gasteiger partial charge is 0.251 e. The van der Waals surface area contributed by atoms with Crippen LogP contribution >= 0.6 is 0 Å². The maximum atomic E-state index is 12.6. The first-order chi connectivity index (χ1) is 14.1. The molecule has 2 aliphatic rings. The third-order valence-electron chi connectivity index (χ3n) is 6.13. The monoisotopic (exact) mass is 399 g/mol. The Morgan fingerprint density at radius 1 is 0.828 bits per heavy atom. The Morgan fingerprint density at radius 2 is 1.48 bits per heavy atom. The Bertz CT molecular complexity index is 686. The molecule has 0 bridgehead atoms. The van der Waals surface area contributed by atoms with E-state index in [0.717, 1.165) is 12.8 Å². The zero-order valence-electron chi connectivity index (χ0n) is 17.3. The van der Waals surface area contributed by atoms with Crippen LogP contribution in [0.4, 0.5) is 0 Å². The maximum Gasteiger partial charge on any atom is 0.251 e. The topological polar surface area (TPSA) is 69.7 Å². The highest BCUT2D eigenvalue weighted by molar-refractivity contribution is 5.96. The summed E-state index contributed by atoms with van der Waals surface area (Å²) >= 11 is 0. The van der Waals surface area contributed by atoms with E-state index in [-0.39, 0.29) is 24.3 Å². The van der Waals surface area contributed by atoms with E-state index in [9.17, 15) is 14.4 Å². The highest BCUT2D eigenvalue weighted by atomic mass is 16.2. The van der Waals surface area contributed by atoms with Crippen molar-refractivity contribution >= 4 is 17.7 Å². The minimum Gasteiger partial charge on any atom is -0.343 e. The molecule has 2 fully saturated rings. The number of benzene rings is 1. The lowest BCUT2D eigenvalue weighted by Gasteiger charge is -2.24. The standard InChI is InChI=1S/C23H33N3O3/c27-21(13-12-19-8-3-1-4-9-19)25-14-7-15-26(17-16-25)22(28)18-24-23(29)20-10-5-2-6-11-20/h2,5-6,10-11,19H,1,3-4,7-9,12-18H2,(H,24,29). The van der Waals surface area contributed by atoms with Gasteiger partial charge in [0.15, 0.2) is 0 Å². The van der Waals surface area contributed by atoms with Crippen LogP contribution in [-0.4, -0.2) is 60.2 Å². The molecule has 0 atom stereocenters. The molecular formula is C23H33N3O3. The van der Waals surface area contributed by atoms with Gasteiger partial charge in [0, 0.05) is 38.2 Å². The van der Waals surface area contributed by atoms with Gasteiger partial charge in [-0.05, 0) is 30.9 Å². The van der Waals surface area contributed by atoms with E-state index >= 15 is 0 Å². The number of nitrogens with zero attached hydrogens (tertiary/aromatic N) is 2. The van der Waals surface area contributed by atoms with Crippen LogP contribution in [-0.2, 0) is 9.59 Å². The molecule has 3 amide bonds. The summed E-state index contributed by atoms with van der Waals surface area (Å²) < 4.78 is 0. The fourth-order valence-electron chi connectivity index (χ4n) is 4.34. The number of carbonyl (C=O) groups excluding carboxylic acids is 3. The van der Waals surface area contributed by atoms with E-state index in [1.165, 1.54) is 32.1 Å². The summed E-state index contributed by atoms with van der Waals surface area (Å²) in [6.45, 7) is 2.45. The van der Waals surface area contributed by atoms with Crippen LogP contribution in [0.15, 0.2) is 30.3 Å². The molecule has 158 valence electrons. The summed E-state index contributed by atoms with van der Waals surface area (Å²) in [4.78, 5) is 40.9. The molecule has 1 saturated heterocycles. The Morgan fingerprint density at radius 3 is 2.17 bits per heavy atom. The normalized spacial score (nSPS) is 18.2.